The van der Waals surface area contributed by atoms with Gasteiger partial charge in [-0.25, -0.2) is 15.0 Å². The fraction of sp³-hybridized carbons (Fsp3) is 0.195. The van der Waals surface area contributed by atoms with Gasteiger partial charge in [0, 0.05) is 53.2 Å². The Bertz CT molecular complexity index is 2160. The van der Waals surface area contributed by atoms with Crippen molar-refractivity contribution in [3.63, 3.8) is 0 Å². The number of hydrogen-bond acceptors (Lipinski definition) is 6. The molecule has 238 valence electrons. The molecule has 0 fully saturated rings. The third-order valence-corrected chi connectivity index (χ3v) is 9.52. The van der Waals surface area contributed by atoms with E-state index < -0.39 is 0 Å². The molecule has 3 aromatic heterocycles. The zero-order valence-electron chi connectivity index (χ0n) is 27.6. The van der Waals surface area contributed by atoms with Crippen molar-refractivity contribution in [3.8, 4) is 0 Å². The molecule has 7 nitrogen and oxygen atoms in total. The van der Waals surface area contributed by atoms with Gasteiger partial charge in [0.2, 0.25) is 0 Å². The van der Waals surface area contributed by atoms with Crippen molar-refractivity contribution in [1.29, 1.82) is 0 Å². The van der Waals surface area contributed by atoms with Gasteiger partial charge in [-0.3, -0.25) is 9.78 Å². The minimum absolute atomic E-state index is 0.177. The lowest BCUT2D eigenvalue weighted by Gasteiger charge is -2.16. The van der Waals surface area contributed by atoms with Gasteiger partial charge in [-0.2, -0.15) is 0 Å². The first kappa shape index (κ1) is 31.1. The van der Waals surface area contributed by atoms with Crippen molar-refractivity contribution in [2.75, 3.05) is 6.61 Å². The maximum absolute atomic E-state index is 14.0. The van der Waals surface area contributed by atoms with Crippen molar-refractivity contribution >= 4 is 33.8 Å². The van der Waals surface area contributed by atoms with Gasteiger partial charge in [-0.15, -0.1) is 0 Å². The lowest BCUT2D eigenvalue weighted by Crippen LogP contribution is -2.07. The number of fused-ring (bicyclic) bond motifs is 2. The van der Waals surface area contributed by atoms with Crippen LogP contribution in [0.5, 0.6) is 0 Å². The maximum atomic E-state index is 14.0. The predicted octanol–water partition coefficient (Wildman–Crippen LogP) is 8.80. The van der Waals surface area contributed by atoms with Crippen LogP contribution < -0.4 is 0 Å². The van der Waals surface area contributed by atoms with Gasteiger partial charge in [-0.05, 0) is 68.0 Å². The molecule has 1 atom stereocenters. The van der Waals surface area contributed by atoms with Crippen LogP contribution in [-0.2, 0) is 11.5 Å². The predicted molar refractivity (Wildman–Crippen MR) is 191 cm³/mol. The van der Waals surface area contributed by atoms with Gasteiger partial charge in [0.15, 0.2) is 5.78 Å². The van der Waals surface area contributed by atoms with E-state index in [9.17, 15) is 4.79 Å². The Labute approximate surface area is 280 Å². The quantitative estimate of drug-likeness (QED) is 0.0857. The molecule has 0 saturated heterocycles. The number of ether oxygens (including phenoxy) is 1. The minimum atomic E-state index is -0.177. The number of allylic oxidation sites excluding steroid dienone is 2. The average molecular weight is 632 g/mol. The maximum Gasteiger partial charge on any atom is 0.196 e. The molecule has 1 unspecified atom stereocenters. The molecule has 0 N–H and O–H groups in total. The summed E-state index contributed by atoms with van der Waals surface area (Å²) in [6.07, 6.45) is 9.12. The van der Waals surface area contributed by atoms with Crippen LogP contribution in [0.25, 0.3) is 16.6 Å². The first-order valence-electron chi connectivity index (χ1n) is 16.2. The lowest BCUT2D eigenvalue weighted by atomic mass is 9.91. The first-order chi connectivity index (χ1) is 23.4. The molecule has 0 radical (unpaired) electrons. The zero-order chi connectivity index (χ0) is 33.2. The molecule has 0 aliphatic heterocycles. The van der Waals surface area contributed by atoms with E-state index in [2.05, 4.69) is 54.8 Å². The van der Waals surface area contributed by atoms with Crippen LogP contribution in [-0.4, -0.2) is 37.6 Å². The highest BCUT2D eigenvalue weighted by atomic mass is 16.5. The lowest BCUT2D eigenvalue weighted by molar-refractivity contribution is 0.0755. The largest absolute Gasteiger partial charge is 0.361 e. The van der Waals surface area contributed by atoms with Crippen LogP contribution in [0.15, 0.2) is 121 Å². The topological polar surface area (TPSA) is 82.3 Å². The Kier molecular flexibility index (Phi) is 8.61. The van der Waals surface area contributed by atoms with Crippen LogP contribution in [0.3, 0.4) is 0 Å². The van der Waals surface area contributed by atoms with E-state index in [4.69, 9.17) is 9.73 Å². The van der Waals surface area contributed by atoms with E-state index in [-0.39, 0.29) is 12.5 Å². The summed E-state index contributed by atoms with van der Waals surface area (Å²) < 4.78 is 8.11. The Hall–Kier alpha value is -5.53. The third kappa shape index (κ3) is 5.89. The summed E-state index contributed by atoms with van der Waals surface area (Å²) in [4.78, 5) is 32.1. The van der Waals surface area contributed by atoms with Crippen LogP contribution in [0.2, 0.25) is 0 Å². The SMILES string of the molecule is CC1=C(C)C(CCOCn2cc(C(=O)c3cncc(N=C(c4ccccc4)c4ccccc4)c3)c3cncnc32)c2ccc(C)c(C)c21. The third-order valence-electron chi connectivity index (χ3n) is 9.52. The Morgan fingerprint density at radius 1 is 0.854 bits per heavy atom. The van der Waals surface area contributed by atoms with Crippen molar-refractivity contribution in [2.45, 2.75) is 46.8 Å². The average Bonchev–Trinajstić information content (AvgIpc) is 3.61. The van der Waals surface area contributed by atoms with E-state index in [1.165, 1.54) is 39.7 Å². The van der Waals surface area contributed by atoms with Gasteiger partial charge in [0.25, 0.3) is 0 Å². The van der Waals surface area contributed by atoms with Crippen LogP contribution in [0.1, 0.15) is 75.5 Å². The van der Waals surface area contributed by atoms with Crippen LogP contribution >= 0.6 is 0 Å². The normalized spacial score (nSPS) is 14.0. The Morgan fingerprint density at radius 3 is 2.31 bits per heavy atom. The molecule has 3 aromatic carbocycles. The van der Waals surface area contributed by atoms with Gasteiger partial charge in [-0.1, -0.05) is 78.4 Å². The van der Waals surface area contributed by atoms with Gasteiger partial charge < -0.3 is 9.30 Å². The van der Waals surface area contributed by atoms with E-state index in [0.717, 1.165) is 23.3 Å². The second-order valence-electron chi connectivity index (χ2n) is 12.4. The molecular formula is C41H37N5O2. The second kappa shape index (κ2) is 13.3. The van der Waals surface area contributed by atoms with E-state index >= 15 is 0 Å². The number of carbonyl (C=O) groups excluding carboxylic acids is 1. The first-order valence-corrected chi connectivity index (χ1v) is 16.2. The number of nitrogens with zero attached hydrogens (tertiary/aromatic N) is 5. The number of hydrogen-bond donors (Lipinski definition) is 0. The summed E-state index contributed by atoms with van der Waals surface area (Å²) in [5, 5.41) is 0.666. The number of aromatic nitrogens is 4. The molecule has 48 heavy (non-hydrogen) atoms. The molecule has 0 amide bonds. The highest BCUT2D eigenvalue weighted by molar-refractivity contribution is 6.17. The highest BCUT2D eigenvalue weighted by Gasteiger charge is 2.28. The Morgan fingerprint density at radius 2 is 1.58 bits per heavy atom. The second-order valence-corrected chi connectivity index (χ2v) is 12.4. The van der Waals surface area contributed by atoms with Crippen molar-refractivity contribution in [1.82, 2.24) is 19.5 Å². The number of benzene rings is 3. The molecule has 1 aliphatic rings. The fourth-order valence-electron chi connectivity index (χ4n) is 6.75. The number of aliphatic imine (C=N–C) groups is 1. The molecule has 3 heterocycles. The Balaban J connectivity index is 1.12. The molecule has 0 bridgehead atoms. The van der Waals surface area contributed by atoms with Crippen molar-refractivity contribution < 1.29 is 9.53 Å². The number of pyridine rings is 1. The van der Waals surface area contributed by atoms with Gasteiger partial charge >= 0.3 is 0 Å². The summed E-state index contributed by atoms with van der Waals surface area (Å²) in [7, 11) is 0. The summed E-state index contributed by atoms with van der Waals surface area (Å²) >= 11 is 0. The zero-order valence-corrected chi connectivity index (χ0v) is 27.6. The number of carbonyl (C=O) groups is 1. The molecule has 0 spiro atoms. The monoisotopic (exact) mass is 631 g/mol. The van der Waals surface area contributed by atoms with Crippen molar-refractivity contribution in [3.05, 3.63) is 160 Å². The highest BCUT2D eigenvalue weighted by Crippen LogP contribution is 2.45. The molecular weight excluding hydrogens is 594 g/mol. The summed E-state index contributed by atoms with van der Waals surface area (Å²) in [5.74, 6) is 0.162. The number of ketones is 1. The van der Waals surface area contributed by atoms with E-state index in [1.54, 1.807) is 24.7 Å². The molecule has 7 heteroatoms. The summed E-state index contributed by atoms with van der Waals surface area (Å²) in [5.41, 5.74) is 13.2. The standard InChI is InChI=1S/C41H37N5O2/c1-26-15-16-35-34(28(3)29(4)38(35)27(26)2)17-18-48-25-46-23-37(36-22-43-24-44-41(36)46)40(47)32-19-33(21-42-20-32)45-39(30-11-7-5-8-12-30)31-13-9-6-10-14-31/h5-16,19-24,34H,17-18,25H2,1-4H3. The summed E-state index contributed by atoms with van der Waals surface area (Å²) in [6.45, 7) is 9.71. The fourth-order valence-corrected chi connectivity index (χ4v) is 6.75. The number of aryl methyl sites for hydroxylation is 1. The van der Waals surface area contributed by atoms with Crippen molar-refractivity contribution in [2.24, 2.45) is 4.99 Å². The minimum Gasteiger partial charge on any atom is -0.361 e. The molecule has 1 aliphatic carbocycles. The molecule has 7 rings (SSSR count). The molecule has 0 saturated carbocycles. The molecule has 6 aromatic rings. The van der Waals surface area contributed by atoms with E-state index in [0.29, 0.717) is 40.4 Å². The van der Waals surface area contributed by atoms with E-state index in [1.807, 2.05) is 71.4 Å². The van der Waals surface area contributed by atoms with Gasteiger partial charge in [0.05, 0.1) is 23.2 Å². The number of rotatable bonds is 10. The van der Waals surface area contributed by atoms with Crippen LogP contribution in [0.4, 0.5) is 5.69 Å². The van der Waals surface area contributed by atoms with Gasteiger partial charge in [0.1, 0.15) is 18.7 Å². The smallest absolute Gasteiger partial charge is 0.196 e. The summed E-state index contributed by atoms with van der Waals surface area (Å²) in [6, 6.07) is 26.3. The van der Waals surface area contributed by atoms with Crippen LogP contribution in [0, 0.1) is 13.8 Å².